The number of anilines is 1. The third-order valence-electron chi connectivity index (χ3n) is 7.45. The van der Waals surface area contributed by atoms with Gasteiger partial charge < -0.3 is 11.1 Å². The topological polar surface area (TPSA) is 55.1 Å². The normalized spacial score (nSPS) is 15.7. The van der Waals surface area contributed by atoms with E-state index in [0.29, 0.717) is 10.6 Å². The lowest BCUT2D eigenvalue weighted by atomic mass is 9.62. The Bertz CT molecular complexity index is 1320. The molecule has 0 aliphatic heterocycles. The summed E-state index contributed by atoms with van der Waals surface area (Å²) in [4.78, 5) is 11.9. The van der Waals surface area contributed by atoms with Crippen molar-refractivity contribution in [1.29, 1.82) is 0 Å². The van der Waals surface area contributed by atoms with Crippen molar-refractivity contribution < 1.29 is 4.79 Å². The summed E-state index contributed by atoms with van der Waals surface area (Å²) in [6.07, 6.45) is 2.39. The number of thiocarbonyl (C=S) groups is 1. The molecule has 4 heteroatoms. The molecule has 35 heavy (non-hydrogen) atoms. The first kappa shape index (κ1) is 24.9. The maximum atomic E-state index is 11.3. The monoisotopic (exact) mass is 482 g/mol. The van der Waals surface area contributed by atoms with Gasteiger partial charge in [0.25, 0.3) is 0 Å². The maximum Gasteiger partial charge on any atom is 0.248 e. The zero-order valence-corrected chi connectivity index (χ0v) is 22.1. The van der Waals surface area contributed by atoms with Crippen molar-refractivity contribution in [1.82, 2.24) is 0 Å². The highest BCUT2D eigenvalue weighted by molar-refractivity contribution is 7.81. The molecule has 1 aliphatic rings. The number of fused-ring (bicyclic) bond motifs is 1. The van der Waals surface area contributed by atoms with Gasteiger partial charge in [-0.15, -0.1) is 0 Å². The number of carbonyl (C=O) groups is 1. The fourth-order valence-corrected chi connectivity index (χ4v) is 5.20. The van der Waals surface area contributed by atoms with Gasteiger partial charge in [0.2, 0.25) is 5.91 Å². The van der Waals surface area contributed by atoms with Crippen LogP contribution in [0.2, 0.25) is 0 Å². The second kappa shape index (κ2) is 9.09. The van der Waals surface area contributed by atoms with Crippen LogP contribution in [0.3, 0.4) is 0 Å². The van der Waals surface area contributed by atoms with Crippen molar-refractivity contribution in [3.05, 3.63) is 106 Å². The minimum atomic E-state index is -0.448. The van der Waals surface area contributed by atoms with Crippen molar-refractivity contribution in [2.45, 2.75) is 58.3 Å². The van der Waals surface area contributed by atoms with Gasteiger partial charge in [-0.05, 0) is 88.3 Å². The lowest BCUT2D eigenvalue weighted by molar-refractivity contribution is 0.100. The molecule has 0 heterocycles. The number of primary amides is 1. The van der Waals surface area contributed by atoms with E-state index in [2.05, 4.69) is 70.8 Å². The highest BCUT2D eigenvalue weighted by Gasteiger charge is 2.37. The number of hydrogen-bond donors (Lipinski definition) is 2. The molecule has 0 atom stereocenters. The van der Waals surface area contributed by atoms with E-state index in [1.165, 1.54) is 35.1 Å². The van der Waals surface area contributed by atoms with Crippen molar-refractivity contribution in [2.75, 3.05) is 5.32 Å². The Kier molecular flexibility index (Phi) is 6.46. The first-order valence-electron chi connectivity index (χ1n) is 12.1. The van der Waals surface area contributed by atoms with Gasteiger partial charge in [-0.1, -0.05) is 82.9 Å². The van der Waals surface area contributed by atoms with E-state index in [1.807, 2.05) is 12.1 Å². The van der Waals surface area contributed by atoms with Crippen LogP contribution in [-0.4, -0.2) is 10.9 Å². The largest absolute Gasteiger partial charge is 0.366 e. The van der Waals surface area contributed by atoms with Gasteiger partial charge >= 0.3 is 0 Å². The van der Waals surface area contributed by atoms with E-state index in [-0.39, 0.29) is 10.8 Å². The number of aryl methyl sites for hydroxylation is 1. The molecule has 1 aliphatic carbocycles. The summed E-state index contributed by atoms with van der Waals surface area (Å²) < 4.78 is 0. The second-order valence-electron chi connectivity index (χ2n) is 10.9. The third-order valence-corrected chi connectivity index (χ3v) is 7.78. The molecule has 0 aromatic heterocycles. The minimum absolute atomic E-state index is 0.158. The smallest absolute Gasteiger partial charge is 0.248 e. The quantitative estimate of drug-likeness (QED) is 0.375. The lowest BCUT2D eigenvalue weighted by Gasteiger charge is -2.42. The molecule has 3 nitrogen and oxygen atoms in total. The predicted octanol–water partition coefficient (Wildman–Crippen LogP) is 7.29. The van der Waals surface area contributed by atoms with Crippen LogP contribution in [0.1, 0.15) is 84.3 Å². The molecule has 1 amide bonds. The van der Waals surface area contributed by atoms with Gasteiger partial charge in [-0.3, -0.25) is 4.79 Å². The van der Waals surface area contributed by atoms with Gasteiger partial charge in [-0.2, -0.15) is 0 Å². The molecule has 3 aromatic carbocycles. The average Bonchev–Trinajstić information content (AvgIpc) is 2.82. The van der Waals surface area contributed by atoms with Crippen LogP contribution in [0.25, 0.3) is 5.57 Å². The van der Waals surface area contributed by atoms with E-state index < -0.39 is 5.91 Å². The molecule has 0 saturated carbocycles. The number of hydrogen-bond acceptors (Lipinski definition) is 2. The Labute approximate surface area is 214 Å². The summed E-state index contributed by atoms with van der Waals surface area (Å²) in [6.45, 7) is 16.1. The predicted molar refractivity (Wildman–Crippen MR) is 151 cm³/mol. The molecular formula is C31H34N2OS. The molecule has 0 saturated heterocycles. The molecule has 0 spiro atoms. The zero-order chi connectivity index (χ0) is 25.5. The van der Waals surface area contributed by atoms with E-state index in [0.717, 1.165) is 22.4 Å². The van der Waals surface area contributed by atoms with Crippen molar-refractivity contribution in [2.24, 2.45) is 5.73 Å². The van der Waals surface area contributed by atoms with Gasteiger partial charge in [0, 0.05) is 16.8 Å². The van der Waals surface area contributed by atoms with Crippen LogP contribution >= 0.6 is 12.2 Å². The van der Waals surface area contributed by atoms with Gasteiger partial charge in [0.1, 0.15) is 4.99 Å². The van der Waals surface area contributed by atoms with E-state index >= 15 is 0 Å². The fourth-order valence-electron chi connectivity index (χ4n) is 4.95. The number of benzene rings is 3. The van der Waals surface area contributed by atoms with Crippen molar-refractivity contribution in [3.8, 4) is 0 Å². The van der Waals surface area contributed by atoms with Crippen LogP contribution in [0.5, 0.6) is 0 Å². The average molecular weight is 483 g/mol. The van der Waals surface area contributed by atoms with Crippen molar-refractivity contribution in [3.63, 3.8) is 0 Å². The van der Waals surface area contributed by atoms with Crippen LogP contribution in [0.15, 0.2) is 67.2 Å². The standard InChI is InChI=1S/C31H34N2OS/c1-19-17-26-27(31(5,6)16-15-30(26,3)4)18-25(19)20(2)21-7-9-23(10-8-21)29(35)33-24-13-11-22(12-14-24)28(32)34/h7-14,17-18H,2,15-16H2,1,3-6H3,(H2,32,34)(H,33,35). The first-order chi connectivity index (χ1) is 16.4. The molecule has 0 bridgehead atoms. The molecule has 180 valence electrons. The molecular weight excluding hydrogens is 448 g/mol. The fraction of sp³-hybridized carbons (Fsp3) is 0.290. The highest BCUT2D eigenvalue weighted by Crippen LogP contribution is 2.47. The van der Waals surface area contributed by atoms with Gasteiger partial charge in [0.05, 0.1) is 0 Å². The summed E-state index contributed by atoms with van der Waals surface area (Å²) in [5, 5.41) is 3.22. The van der Waals surface area contributed by atoms with E-state index in [1.54, 1.807) is 24.3 Å². The van der Waals surface area contributed by atoms with Crippen LogP contribution in [-0.2, 0) is 10.8 Å². The minimum Gasteiger partial charge on any atom is -0.366 e. The number of rotatable bonds is 5. The molecule has 3 N–H and O–H groups in total. The summed E-state index contributed by atoms with van der Waals surface area (Å²) in [6, 6.07) is 19.9. The first-order valence-corrected chi connectivity index (χ1v) is 12.5. The number of nitrogens with one attached hydrogen (secondary N) is 1. The highest BCUT2D eigenvalue weighted by atomic mass is 32.1. The Balaban J connectivity index is 1.56. The zero-order valence-electron chi connectivity index (χ0n) is 21.3. The summed E-state index contributed by atoms with van der Waals surface area (Å²) in [5.41, 5.74) is 15.3. The number of nitrogens with two attached hydrogens (primary N) is 1. The SMILES string of the molecule is C=C(c1ccc(C(=S)Nc2ccc(C(N)=O)cc2)cc1)c1cc2c(cc1C)C(C)(C)CCC2(C)C. The van der Waals surface area contributed by atoms with E-state index in [4.69, 9.17) is 18.0 Å². The molecule has 0 fully saturated rings. The molecule has 3 aromatic rings. The summed E-state index contributed by atoms with van der Waals surface area (Å²) >= 11 is 5.60. The van der Waals surface area contributed by atoms with Gasteiger partial charge in [0.15, 0.2) is 0 Å². The summed E-state index contributed by atoms with van der Waals surface area (Å²) in [5.74, 6) is -0.448. The summed E-state index contributed by atoms with van der Waals surface area (Å²) in [7, 11) is 0. The van der Waals surface area contributed by atoms with Crippen LogP contribution < -0.4 is 11.1 Å². The molecule has 0 radical (unpaired) electrons. The van der Waals surface area contributed by atoms with Crippen LogP contribution in [0, 0.1) is 6.92 Å². The number of carbonyl (C=O) groups excluding carboxylic acids is 1. The van der Waals surface area contributed by atoms with Crippen LogP contribution in [0.4, 0.5) is 5.69 Å². The molecule has 0 unspecified atom stereocenters. The number of amides is 1. The van der Waals surface area contributed by atoms with Gasteiger partial charge in [-0.25, -0.2) is 0 Å². The Morgan fingerprint density at radius 2 is 1.34 bits per heavy atom. The second-order valence-corrected chi connectivity index (χ2v) is 11.3. The van der Waals surface area contributed by atoms with E-state index in [9.17, 15) is 4.79 Å². The molecule has 4 rings (SSSR count). The Morgan fingerprint density at radius 3 is 1.89 bits per heavy atom. The maximum absolute atomic E-state index is 11.3. The van der Waals surface area contributed by atoms with Crippen molar-refractivity contribution >= 4 is 34.4 Å². The third kappa shape index (κ3) is 4.94. The Morgan fingerprint density at radius 1 is 0.857 bits per heavy atom. The Hall–Kier alpha value is -3.24. The lowest BCUT2D eigenvalue weighted by Crippen LogP contribution is -2.34.